The number of fused-ring (bicyclic) bond motifs is 3. The summed E-state index contributed by atoms with van der Waals surface area (Å²) in [4.78, 5) is 0. The number of hydrogen-bond donors (Lipinski definition) is 0. The SMILES string of the molecule is Cc1ccc(Br)c2c1oc1cccc(Br)c12. The van der Waals surface area contributed by atoms with Crippen molar-refractivity contribution in [1.29, 1.82) is 0 Å². The van der Waals surface area contributed by atoms with Crippen LogP contribution >= 0.6 is 31.9 Å². The van der Waals surface area contributed by atoms with Gasteiger partial charge in [-0.05, 0) is 30.7 Å². The minimum atomic E-state index is 0.916. The molecule has 3 aromatic rings. The first kappa shape index (κ1) is 10.4. The van der Waals surface area contributed by atoms with Gasteiger partial charge in [0.05, 0.1) is 0 Å². The first-order valence-corrected chi connectivity index (χ1v) is 6.53. The van der Waals surface area contributed by atoms with Crippen molar-refractivity contribution < 1.29 is 4.42 Å². The van der Waals surface area contributed by atoms with Crippen molar-refractivity contribution >= 4 is 53.8 Å². The van der Waals surface area contributed by atoms with Crippen molar-refractivity contribution in [2.24, 2.45) is 0 Å². The van der Waals surface area contributed by atoms with E-state index in [0.717, 1.165) is 36.4 Å². The van der Waals surface area contributed by atoms with Crippen LogP contribution in [0.4, 0.5) is 0 Å². The molecule has 0 aliphatic rings. The summed E-state index contributed by atoms with van der Waals surface area (Å²) < 4.78 is 8.02. The van der Waals surface area contributed by atoms with Crippen LogP contribution in [0.15, 0.2) is 43.7 Å². The van der Waals surface area contributed by atoms with Crippen LogP contribution < -0.4 is 0 Å². The Hall–Kier alpha value is -0.800. The zero-order chi connectivity index (χ0) is 11.3. The molecule has 0 atom stereocenters. The highest BCUT2D eigenvalue weighted by Gasteiger charge is 2.13. The third-order valence-corrected chi connectivity index (χ3v) is 4.06. The van der Waals surface area contributed by atoms with Crippen LogP contribution in [0.5, 0.6) is 0 Å². The first-order chi connectivity index (χ1) is 7.68. The maximum atomic E-state index is 5.88. The molecular weight excluding hydrogens is 332 g/mol. The molecule has 80 valence electrons. The number of furan rings is 1. The fourth-order valence-electron chi connectivity index (χ4n) is 1.97. The summed E-state index contributed by atoms with van der Waals surface area (Å²) >= 11 is 7.16. The Kier molecular flexibility index (Phi) is 2.33. The van der Waals surface area contributed by atoms with Gasteiger partial charge in [-0.25, -0.2) is 0 Å². The van der Waals surface area contributed by atoms with Gasteiger partial charge in [0, 0.05) is 19.7 Å². The average molecular weight is 340 g/mol. The minimum Gasteiger partial charge on any atom is -0.456 e. The Balaban J connectivity index is 2.68. The normalized spacial score (nSPS) is 11.4. The quantitative estimate of drug-likeness (QED) is 0.533. The van der Waals surface area contributed by atoms with Gasteiger partial charge in [-0.15, -0.1) is 0 Å². The zero-order valence-corrected chi connectivity index (χ0v) is 11.7. The van der Waals surface area contributed by atoms with Crippen LogP contribution in [0.1, 0.15) is 5.56 Å². The highest BCUT2D eigenvalue weighted by atomic mass is 79.9. The van der Waals surface area contributed by atoms with Crippen LogP contribution in [0.3, 0.4) is 0 Å². The van der Waals surface area contributed by atoms with Gasteiger partial charge in [0.1, 0.15) is 11.2 Å². The van der Waals surface area contributed by atoms with Crippen LogP contribution in [-0.4, -0.2) is 0 Å². The molecular formula is C13H8Br2O. The van der Waals surface area contributed by atoms with Crippen molar-refractivity contribution in [2.45, 2.75) is 6.92 Å². The number of aryl methyl sites for hydroxylation is 1. The fourth-order valence-corrected chi connectivity index (χ4v) is 3.03. The van der Waals surface area contributed by atoms with Gasteiger partial charge in [0.2, 0.25) is 0 Å². The molecule has 0 unspecified atom stereocenters. The predicted molar refractivity (Wildman–Crippen MR) is 73.9 cm³/mol. The van der Waals surface area contributed by atoms with E-state index in [1.165, 1.54) is 0 Å². The molecule has 1 aromatic heterocycles. The number of rotatable bonds is 0. The Bertz CT molecular complexity index is 698. The van der Waals surface area contributed by atoms with Crippen molar-refractivity contribution in [1.82, 2.24) is 0 Å². The van der Waals surface area contributed by atoms with Crippen molar-refractivity contribution in [3.63, 3.8) is 0 Å². The topological polar surface area (TPSA) is 13.1 Å². The van der Waals surface area contributed by atoms with E-state index in [4.69, 9.17) is 4.42 Å². The van der Waals surface area contributed by atoms with Crippen LogP contribution in [0.25, 0.3) is 21.9 Å². The Labute approximate surface area is 110 Å². The van der Waals surface area contributed by atoms with Gasteiger partial charge in [0.25, 0.3) is 0 Å². The molecule has 0 saturated heterocycles. The number of hydrogen-bond acceptors (Lipinski definition) is 1. The van der Waals surface area contributed by atoms with Crippen molar-refractivity contribution in [3.05, 3.63) is 44.8 Å². The predicted octanol–water partition coefficient (Wildman–Crippen LogP) is 5.42. The molecule has 0 fully saturated rings. The van der Waals surface area contributed by atoms with Crippen molar-refractivity contribution in [3.8, 4) is 0 Å². The highest BCUT2D eigenvalue weighted by molar-refractivity contribution is 9.11. The van der Waals surface area contributed by atoms with Crippen LogP contribution in [-0.2, 0) is 0 Å². The molecule has 2 aromatic carbocycles. The molecule has 0 saturated carbocycles. The largest absolute Gasteiger partial charge is 0.456 e. The monoisotopic (exact) mass is 338 g/mol. The van der Waals surface area contributed by atoms with Gasteiger partial charge in [-0.1, -0.05) is 44.0 Å². The second-order valence-electron chi connectivity index (χ2n) is 3.78. The molecule has 0 spiro atoms. The van der Waals surface area contributed by atoms with E-state index in [0.29, 0.717) is 0 Å². The molecule has 3 heteroatoms. The summed E-state index contributed by atoms with van der Waals surface area (Å²) in [6, 6.07) is 10.1. The van der Waals surface area contributed by atoms with Crippen molar-refractivity contribution in [2.75, 3.05) is 0 Å². The first-order valence-electron chi connectivity index (χ1n) is 4.94. The lowest BCUT2D eigenvalue weighted by molar-refractivity contribution is 0.665. The number of halogens is 2. The third kappa shape index (κ3) is 1.35. The second-order valence-corrected chi connectivity index (χ2v) is 5.49. The maximum Gasteiger partial charge on any atom is 0.139 e. The second kappa shape index (κ2) is 3.60. The van der Waals surface area contributed by atoms with Crippen LogP contribution in [0.2, 0.25) is 0 Å². The summed E-state index contributed by atoms with van der Waals surface area (Å²) in [5.74, 6) is 0. The smallest absolute Gasteiger partial charge is 0.139 e. The van der Waals surface area contributed by atoms with E-state index in [1.807, 2.05) is 18.2 Å². The summed E-state index contributed by atoms with van der Waals surface area (Å²) in [6.07, 6.45) is 0. The number of benzene rings is 2. The molecule has 3 rings (SSSR count). The van der Waals surface area contributed by atoms with Gasteiger partial charge in [-0.3, -0.25) is 0 Å². The maximum absolute atomic E-state index is 5.88. The highest BCUT2D eigenvalue weighted by Crippen LogP contribution is 2.39. The molecule has 0 bridgehead atoms. The molecule has 0 amide bonds. The average Bonchev–Trinajstić information content (AvgIpc) is 2.65. The lowest BCUT2D eigenvalue weighted by atomic mass is 10.1. The molecule has 1 nitrogen and oxygen atoms in total. The summed E-state index contributed by atoms with van der Waals surface area (Å²) in [6.45, 7) is 2.06. The van der Waals surface area contributed by atoms with Gasteiger partial charge in [0.15, 0.2) is 0 Å². The van der Waals surface area contributed by atoms with E-state index in [9.17, 15) is 0 Å². The van der Waals surface area contributed by atoms with E-state index in [2.05, 4.69) is 50.9 Å². The molecule has 0 radical (unpaired) electrons. The van der Waals surface area contributed by atoms with Gasteiger partial charge >= 0.3 is 0 Å². The summed E-state index contributed by atoms with van der Waals surface area (Å²) in [7, 11) is 0. The lowest BCUT2D eigenvalue weighted by Crippen LogP contribution is -1.75. The lowest BCUT2D eigenvalue weighted by Gasteiger charge is -1.97. The Morgan fingerprint density at radius 3 is 2.50 bits per heavy atom. The summed E-state index contributed by atoms with van der Waals surface area (Å²) in [5.41, 5.74) is 3.02. The Morgan fingerprint density at radius 2 is 1.69 bits per heavy atom. The standard InChI is InChI=1S/C13H8Br2O/c1-7-5-6-9(15)12-11-8(14)3-2-4-10(11)16-13(7)12/h2-6H,1H3. The van der Waals surface area contributed by atoms with Gasteiger partial charge in [-0.2, -0.15) is 0 Å². The van der Waals surface area contributed by atoms with Crippen LogP contribution in [0, 0.1) is 6.92 Å². The molecule has 0 aliphatic carbocycles. The van der Waals surface area contributed by atoms with E-state index in [1.54, 1.807) is 0 Å². The molecule has 1 heterocycles. The Morgan fingerprint density at radius 1 is 0.938 bits per heavy atom. The summed E-state index contributed by atoms with van der Waals surface area (Å²) in [5, 5.41) is 2.27. The minimum absolute atomic E-state index is 0.916. The van der Waals surface area contributed by atoms with E-state index in [-0.39, 0.29) is 0 Å². The van der Waals surface area contributed by atoms with E-state index >= 15 is 0 Å². The molecule has 16 heavy (non-hydrogen) atoms. The molecule has 0 N–H and O–H groups in total. The third-order valence-electron chi connectivity index (χ3n) is 2.74. The van der Waals surface area contributed by atoms with E-state index < -0.39 is 0 Å². The fraction of sp³-hybridized carbons (Fsp3) is 0.0769. The van der Waals surface area contributed by atoms with Gasteiger partial charge < -0.3 is 4.42 Å². The zero-order valence-electron chi connectivity index (χ0n) is 8.55. The molecule has 0 aliphatic heterocycles.